The summed E-state index contributed by atoms with van der Waals surface area (Å²) >= 11 is 0. The smallest absolute Gasteiger partial charge is 0.0462 e. The van der Waals surface area contributed by atoms with Crippen LogP contribution in [-0.4, -0.2) is 18.0 Å². The summed E-state index contributed by atoms with van der Waals surface area (Å²) in [6.45, 7) is 2.55. The van der Waals surface area contributed by atoms with Crippen LogP contribution in [0, 0.1) is 0 Å². The Morgan fingerprint density at radius 3 is 2.53 bits per heavy atom. The Morgan fingerprint density at radius 1 is 1.13 bits per heavy atom. The molecule has 2 saturated heterocycles. The number of nitrogens with two attached hydrogens (primary N) is 1. The molecular formula is C13H18N2. The summed E-state index contributed by atoms with van der Waals surface area (Å²) in [5.74, 6) is 0. The van der Waals surface area contributed by atoms with Gasteiger partial charge in [0, 0.05) is 11.2 Å². The van der Waals surface area contributed by atoms with Crippen LogP contribution in [0.4, 0.5) is 5.69 Å². The van der Waals surface area contributed by atoms with Crippen molar-refractivity contribution in [1.82, 2.24) is 4.90 Å². The largest absolute Gasteiger partial charge is 0.399 e. The highest BCUT2D eigenvalue weighted by Gasteiger charge is 2.45. The molecule has 0 unspecified atom stereocenters. The predicted molar refractivity (Wildman–Crippen MR) is 62.6 cm³/mol. The molecule has 0 aromatic heterocycles. The number of fused-ring (bicyclic) bond motifs is 1. The van der Waals surface area contributed by atoms with Crippen LogP contribution in [0.1, 0.15) is 31.2 Å². The normalized spacial score (nSPS) is 24.3. The quantitative estimate of drug-likeness (QED) is 0.708. The summed E-state index contributed by atoms with van der Waals surface area (Å²) in [7, 11) is 0. The molecule has 0 bridgehead atoms. The van der Waals surface area contributed by atoms with Crippen LogP contribution >= 0.6 is 0 Å². The van der Waals surface area contributed by atoms with Gasteiger partial charge in [-0.05, 0) is 56.5 Å². The highest BCUT2D eigenvalue weighted by atomic mass is 15.2. The number of nitrogens with zero attached hydrogens (tertiary/aromatic N) is 1. The third-order valence-electron chi connectivity index (χ3n) is 4.07. The lowest BCUT2D eigenvalue weighted by Gasteiger charge is -2.32. The fraction of sp³-hybridized carbons (Fsp3) is 0.538. The predicted octanol–water partition coefficient (Wildman–Crippen LogP) is 2.35. The average Bonchev–Trinajstić information content (AvgIpc) is 2.75. The maximum Gasteiger partial charge on any atom is 0.0462 e. The first-order valence-electron chi connectivity index (χ1n) is 5.92. The van der Waals surface area contributed by atoms with E-state index in [2.05, 4.69) is 23.1 Å². The molecule has 2 N–H and O–H groups in total. The number of hydrogen-bond donors (Lipinski definition) is 1. The standard InChI is InChI=1S/C13H18N2/c14-12-5-1-4-11(10-12)13-6-2-8-15(13)9-3-7-13/h1,4-5,10H,2-3,6-9,14H2. The van der Waals surface area contributed by atoms with Crippen molar-refractivity contribution in [3.63, 3.8) is 0 Å². The van der Waals surface area contributed by atoms with Gasteiger partial charge in [0.1, 0.15) is 0 Å². The highest BCUT2D eigenvalue weighted by Crippen LogP contribution is 2.46. The minimum absolute atomic E-state index is 0.343. The van der Waals surface area contributed by atoms with Crippen molar-refractivity contribution in [2.45, 2.75) is 31.2 Å². The first-order valence-corrected chi connectivity index (χ1v) is 5.92. The van der Waals surface area contributed by atoms with Gasteiger partial charge in [0.05, 0.1) is 0 Å². The summed E-state index contributed by atoms with van der Waals surface area (Å²) in [6, 6.07) is 8.49. The van der Waals surface area contributed by atoms with Gasteiger partial charge in [-0.25, -0.2) is 0 Å². The van der Waals surface area contributed by atoms with Gasteiger partial charge < -0.3 is 5.73 Å². The molecule has 2 heterocycles. The molecule has 0 aliphatic carbocycles. The summed E-state index contributed by atoms with van der Waals surface area (Å²) in [4.78, 5) is 2.65. The van der Waals surface area contributed by atoms with Gasteiger partial charge in [-0.15, -0.1) is 0 Å². The lowest BCUT2D eigenvalue weighted by atomic mass is 9.86. The van der Waals surface area contributed by atoms with E-state index in [1.54, 1.807) is 0 Å². The molecular weight excluding hydrogens is 184 g/mol. The molecule has 2 nitrogen and oxygen atoms in total. The van der Waals surface area contributed by atoms with Gasteiger partial charge >= 0.3 is 0 Å². The summed E-state index contributed by atoms with van der Waals surface area (Å²) < 4.78 is 0. The lowest BCUT2D eigenvalue weighted by Crippen LogP contribution is -2.35. The van der Waals surface area contributed by atoms with Crippen LogP contribution in [0.2, 0.25) is 0 Å². The van der Waals surface area contributed by atoms with E-state index < -0.39 is 0 Å². The Kier molecular flexibility index (Phi) is 1.99. The van der Waals surface area contributed by atoms with Gasteiger partial charge in [0.2, 0.25) is 0 Å². The minimum Gasteiger partial charge on any atom is -0.399 e. The molecule has 2 fully saturated rings. The molecule has 15 heavy (non-hydrogen) atoms. The Bertz CT molecular complexity index is 363. The average molecular weight is 202 g/mol. The van der Waals surface area contributed by atoms with Crippen molar-refractivity contribution in [2.75, 3.05) is 18.8 Å². The van der Waals surface area contributed by atoms with Crippen LogP contribution in [0.3, 0.4) is 0 Å². The second kappa shape index (κ2) is 3.24. The second-order valence-corrected chi connectivity index (χ2v) is 4.85. The number of benzene rings is 1. The van der Waals surface area contributed by atoms with Crippen LogP contribution in [0.15, 0.2) is 24.3 Å². The third-order valence-corrected chi connectivity index (χ3v) is 4.07. The highest BCUT2D eigenvalue weighted by molar-refractivity contribution is 5.44. The maximum absolute atomic E-state index is 5.89. The van der Waals surface area contributed by atoms with Gasteiger partial charge in [-0.2, -0.15) is 0 Å². The van der Waals surface area contributed by atoms with E-state index in [1.165, 1.54) is 44.3 Å². The first kappa shape index (κ1) is 9.22. The van der Waals surface area contributed by atoms with E-state index in [-0.39, 0.29) is 0 Å². The SMILES string of the molecule is Nc1cccc(C23CCCN2CCC3)c1. The molecule has 2 heteroatoms. The molecule has 2 aliphatic heterocycles. The van der Waals surface area contributed by atoms with Crippen LogP contribution in [0.25, 0.3) is 0 Å². The van der Waals surface area contributed by atoms with E-state index in [9.17, 15) is 0 Å². The molecule has 1 aromatic carbocycles. The molecule has 0 radical (unpaired) electrons. The van der Waals surface area contributed by atoms with Crippen molar-refractivity contribution < 1.29 is 0 Å². The zero-order chi connectivity index (χ0) is 10.3. The Balaban J connectivity index is 2.04. The van der Waals surface area contributed by atoms with Gasteiger partial charge in [-0.1, -0.05) is 12.1 Å². The summed E-state index contributed by atoms with van der Waals surface area (Å²) in [5.41, 5.74) is 8.58. The zero-order valence-electron chi connectivity index (χ0n) is 9.08. The van der Waals surface area contributed by atoms with Gasteiger partial charge in [0.15, 0.2) is 0 Å². The third kappa shape index (κ3) is 1.28. The van der Waals surface area contributed by atoms with E-state index in [0.29, 0.717) is 5.54 Å². The summed E-state index contributed by atoms with van der Waals surface area (Å²) in [6.07, 6.45) is 5.32. The Labute approximate surface area is 91.1 Å². The molecule has 80 valence electrons. The lowest BCUT2D eigenvalue weighted by molar-refractivity contribution is 0.197. The molecule has 3 rings (SSSR count). The van der Waals surface area contributed by atoms with Crippen LogP contribution in [0.5, 0.6) is 0 Å². The van der Waals surface area contributed by atoms with E-state index in [4.69, 9.17) is 5.73 Å². The van der Waals surface area contributed by atoms with Crippen molar-refractivity contribution in [1.29, 1.82) is 0 Å². The van der Waals surface area contributed by atoms with Gasteiger partial charge in [-0.3, -0.25) is 4.90 Å². The molecule has 0 atom stereocenters. The van der Waals surface area contributed by atoms with E-state index in [0.717, 1.165) is 5.69 Å². The molecule has 2 aliphatic rings. The molecule has 0 spiro atoms. The number of hydrogen-bond acceptors (Lipinski definition) is 2. The topological polar surface area (TPSA) is 29.3 Å². The first-order chi connectivity index (χ1) is 7.31. The van der Waals surface area contributed by atoms with Crippen LogP contribution in [-0.2, 0) is 5.54 Å². The zero-order valence-corrected chi connectivity index (χ0v) is 9.08. The Morgan fingerprint density at radius 2 is 1.87 bits per heavy atom. The molecule has 1 aromatic rings. The fourth-order valence-corrected chi connectivity index (χ4v) is 3.41. The fourth-order valence-electron chi connectivity index (χ4n) is 3.41. The van der Waals surface area contributed by atoms with Crippen molar-refractivity contribution in [3.05, 3.63) is 29.8 Å². The molecule has 0 amide bonds. The van der Waals surface area contributed by atoms with Crippen molar-refractivity contribution in [2.24, 2.45) is 0 Å². The monoisotopic (exact) mass is 202 g/mol. The second-order valence-electron chi connectivity index (χ2n) is 4.85. The Hall–Kier alpha value is -1.02. The summed E-state index contributed by atoms with van der Waals surface area (Å²) in [5, 5.41) is 0. The number of rotatable bonds is 1. The number of anilines is 1. The van der Waals surface area contributed by atoms with E-state index >= 15 is 0 Å². The minimum atomic E-state index is 0.343. The van der Waals surface area contributed by atoms with Gasteiger partial charge in [0.25, 0.3) is 0 Å². The number of nitrogen functional groups attached to an aromatic ring is 1. The van der Waals surface area contributed by atoms with E-state index in [1.807, 2.05) is 6.07 Å². The van der Waals surface area contributed by atoms with Crippen molar-refractivity contribution >= 4 is 5.69 Å². The van der Waals surface area contributed by atoms with Crippen molar-refractivity contribution in [3.8, 4) is 0 Å². The molecule has 0 saturated carbocycles. The van der Waals surface area contributed by atoms with Crippen LogP contribution < -0.4 is 5.73 Å². The maximum atomic E-state index is 5.89.